The van der Waals surface area contributed by atoms with Gasteiger partial charge < -0.3 is 18.8 Å². The van der Waals surface area contributed by atoms with E-state index in [0.717, 1.165) is 129 Å². The van der Waals surface area contributed by atoms with E-state index in [1.54, 1.807) is 0 Å². The molecule has 16 aromatic rings. The third kappa shape index (κ3) is 8.09. The molecule has 14 aromatic carbocycles. The SMILES string of the molecule is c1ccc(-c2cc3c4c(c2)N(c2c(-c5ccccc5)cccc2-c2ccccc2)c2cc(-n5c6ccccc6c6ccccc65)ccc2B4c2ccc(-c4ccc5oc6ccccc6c5c4)cc2N3c2c(-c3ccccc3)cccc2-c2ccccc2)cc1. The Balaban J connectivity index is 1.01. The molecule has 4 heterocycles. The first-order chi connectivity index (χ1) is 44.2. The Kier molecular flexibility index (Phi) is 11.7. The monoisotopic (exact) mass is 1130 g/mol. The van der Waals surface area contributed by atoms with E-state index in [-0.39, 0.29) is 6.71 Å². The number of para-hydroxylation sites is 5. The van der Waals surface area contributed by atoms with Crippen LogP contribution in [0, 0.1) is 0 Å². The summed E-state index contributed by atoms with van der Waals surface area (Å²) in [6.45, 7) is -0.211. The number of benzene rings is 14. The molecule has 0 unspecified atom stereocenters. The van der Waals surface area contributed by atoms with Gasteiger partial charge in [-0.25, -0.2) is 0 Å². The van der Waals surface area contributed by atoms with Gasteiger partial charge in [-0.1, -0.05) is 267 Å². The molecule has 89 heavy (non-hydrogen) atoms. The summed E-state index contributed by atoms with van der Waals surface area (Å²) in [6, 6.07) is 121. The van der Waals surface area contributed by atoms with Crippen LogP contribution in [0.2, 0.25) is 0 Å². The normalized spacial score (nSPS) is 12.4. The number of fused-ring (bicyclic) bond motifs is 10. The van der Waals surface area contributed by atoms with Crippen LogP contribution in [0.25, 0.3) is 116 Å². The van der Waals surface area contributed by atoms with Crippen LogP contribution in [-0.4, -0.2) is 11.3 Å². The van der Waals surface area contributed by atoms with Gasteiger partial charge in [-0.05, 0) is 122 Å². The Morgan fingerprint density at radius 2 is 0.640 bits per heavy atom. The lowest BCUT2D eigenvalue weighted by Crippen LogP contribution is -2.61. The Hall–Kier alpha value is -11.7. The summed E-state index contributed by atoms with van der Waals surface area (Å²) in [7, 11) is 0. The predicted octanol–water partition coefficient (Wildman–Crippen LogP) is 20.8. The number of anilines is 6. The number of rotatable bonds is 9. The molecule has 0 aliphatic carbocycles. The zero-order chi connectivity index (χ0) is 58.5. The molecule has 4 nitrogen and oxygen atoms in total. The van der Waals surface area contributed by atoms with Crippen LogP contribution in [-0.2, 0) is 0 Å². The largest absolute Gasteiger partial charge is 0.456 e. The molecular formula is C84H54BN3O. The first-order valence-corrected chi connectivity index (χ1v) is 30.7. The van der Waals surface area contributed by atoms with Crippen LogP contribution in [0.3, 0.4) is 0 Å². The summed E-state index contributed by atoms with van der Waals surface area (Å²) in [4.78, 5) is 5.30. The maximum Gasteiger partial charge on any atom is 0.252 e. The minimum atomic E-state index is -0.211. The fourth-order valence-corrected chi connectivity index (χ4v) is 14.7. The average Bonchev–Trinajstić information content (AvgIpc) is 1.37. The van der Waals surface area contributed by atoms with Crippen molar-refractivity contribution < 1.29 is 4.42 Å². The molecule has 0 saturated carbocycles. The first-order valence-electron chi connectivity index (χ1n) is 30.7. The fraction of sp³-hybridized carbons (Fsp3) is 0. The molecule has 0 bridgehead atoms. The summed E-state index contributed by atoms with van der Waals surface area (Å²) >= 11 is 0. The van der Waals surface area contributed by atoms with Crippen LogP contribution in [0.1, 0.15) is 0 Å². The van der Waals surface area contributed by atoms with Crippen molar-refractivity contribution in [1.82, 2.24) is 4.57 Å². The highest BCUT2D eigenvalue weighted by atomic mass is 16.3. The van der Waals surface area contributed by atoms with Crippen molar-refractivity contribution in [2.45, 2.75) is 0 Å². The van der Waals surface area contributed by atoms with E-state index in [1.165, 1.54) is 38.2 Å². The second-order valence-electron chi connectivity index (χ2n) is 23.5. The minimum absolute atomic E-state index is 0.211. The van der Waals surface area contributed by atoms with E-state index >= 15 is 0 Å². The zero-order valence-electron chi connectivity index (χ0n) is 48.5. The van der Waals surface area contributed by atoms with Gasteiger partial charge in [0.25, 0.3) is 6.71 Å². The van der Waals surface area contributed by atoms with Crippen molar-refractivity contribution in [1.29, 1.82) is 0 Å². The van der Waals surface area contributed by atoms with Crippen molar-refractivity contribution >= 4 is 101 Å². The summed E-state index contributed by atoms with van der Waals surface area (Å²) < 4.78 is 8.92. The fourth-order valence-electron chi connectivity index (χ4n) is 14.7. The second kappa shape index (κ2) is 20.5. The van der Waals surface area contributed by atoms with Gasteiger partial charge in [-0.3, -0.25) is 0 Å². The summed E-state index contributed by atoms with van der Waals surface area (Å²) in [5, 5.41) is 4.66. The van der Waals surface area contributed by atoms with E-state index in [9.17, 15) is 0 Å². The smallest absolute Gasteiger partial charge is 0.252 e. The Morgan fingerprint density at radius 3 is 1.16 bits per heavy atom. The molecule has 0 saturated heterocycles. The molecule has 2 aromatic heterocycles. The van der Waals surface area contributed by atoms with Crippen molar-refractivity contribution in [3.05, 3.63) is 328 Å². The van der Waals surface area contributed by atoms with Gasteiger partial charge in [0, 0.05) is 72.2 Å². The Morgan fingerprint density at radius 1 is 0.247 bits per heavy atom. The van der Waals surface area contributed by atoms with Gasteiger partial charge in [0.05, 0.1) is 22.4 Å². The van der Waals surface area contributed by atoms with Crippen LogP contribution in [0.5, 0.6) is 0 Å². The van der Waals surface area contributed by atoms with Crippen molar-refractivity contribution in [3.63, 3.8) is 0 Å². The van der Waals surface area contributed by atoms with E-state index in [0.29, 0.717) is 0 Å². The second-order valence-corrected chi connectivity index (χ2v) is 23.5. The summed E-state index contributed by atoms with van der Waals surface area (Å²) in [5.41, 5.74) is 29.1. The van der Waals surface area contributed by atoms with E-state index in [2.05, 4.69) is 336 Å². The van der Waals surface area contributed by atoms with Crippen LogP contribution >= 0.6 is 0 Å². The van der Waals surface area contributed by atoms with E-state index in [4.69, 9.17) is 4.42 Å². The maximum atomic E-state index is 6.45. The number of nitrogens with zero attached hydrogens (tertiary/aromatic N) is 3. The van der Waals surface area contributed by atoms with Gasteiger partial charge in [0.1, 0.15) is 11.2 Å². The first kappa shape index (κ1) is 50.6. The molecular weight excluding hydrogens is 1080 g/mol. The number of aromatic nitrogens is 1. The molecule has 2 aliphatic heterocycles. The van der Waals surface area contributed by atoms with Gasteiger partial charge >= 0.3 is 0 Å². The van der Waals surface area contributed by atoms with Crippen LogP contribution in [0.15, 0.2) is 332 Å². The molecule has 0 atom stereocenters. The lowest BCUT2D eigenvalue weighted by Gasteiger charge is -2.46. The molecule has 0 fully saturated rings. The molecule has 0 amide bonds. The topological polar surface area (TPSA) is 24.6 Å². The van der Waals surface area contributed by atoms with Gasteiger partial charge in [-0.15, -0.1) is 0 Å². The van der Waals surface area contributed by atoms with Crippen molar-refractivity contribution in [3.8, 4) is 72.4 Å². The highest BCUT2D eigenvalue weighted by Crippen LogP contribution is 2.54. The predicted molar refractivity (Wildman–Crippen MR) is 375 cm³/mol. The summed E-state index contributed by atoms with van der Waals surface area (Å²) in [5.74, 6) is 0. The average molecular weight is 1130 g/mol. The van der Waals surface area contributed by atoms with Gasteiger partial charge in [-0.2, -0.15) is 0 Å². The molecule has 0 radical (unpaired) electrons. The molecule has 0 spiro atoms. The number of hydrogen-bond acceptors (Lipinski definition) is 3. The Labute approximate surface area is 516 Å². The van der Waals surface area contributed by atoms with Crippen LogP contribution < -0.4 is 26.2 Å². The zero-order valence-corrected chi connectivity index (χ0v) is 48.5. The summed E-state index contributed by atoms with van der Waals surface area (Å²) in [6.07, 6.45) is 0. The quantitative estimate of drug-likeness (QED) is 0.135. The third-order valence-corrected chi connectivity index (χ3v) is 18.6. The van der Waals surface area contributed by atoms with Gasteiger partial charge in [0.2, 0.25) is 0 Å². The third-order valence-electron chi connectivity index (χ3n) is 18.6. The van der Waals surface area contributed by atoms with E-state index < -0.39 is 0 Å². The maximum absolute atomic E-state index is 6.45. The standard InChI is InChI=1S/C84H54BN3O/c1-6-24-55(25-7-1)62-52-78-82-79(53-62)88(84-66(58-30-12-4-13-31-58)39-23-40-67(84)59-32-14-5-15-33-59)77-54-63(86-74-41-19-16-34-68(74)69-35-17-20-42-75(69)86)46-48-73(77)85(82)72-47-44-61(60-45-49-81-71(50-60)70-36-18-21-43-80(70)89-81)51-76(72)87(78)83-64(56-26-8-2-9-27-56)37-22-38-65(83)57-28-10-3-11-29-57/h1-54H. The Bertz CT molecular complexity index is 5280. The molecule has 414 valence electrons. The molecule has 0 N–H and O–H groups in total. The van der Waals surface area contributed by atoms with Gasteiger partial charge in [0.15, 0.2) is 0 Å². The van der Waals surface area contributed by atoms with Crippen molar-refractivity contribution in [2.75, 3.05) is 9.80 Å². The lowest BCUT2D eigenvalue weighted by atomic mass is 9.33. The molecule has 2 aliphatic rings. The number of furan rings is 1. The highest BCUT2D eigenvalue weighted by molar-refractivity contribution is 7.00. The molecule has 18 rings (SSSR count). The van der Waals surface area contributed by atoms with E-state index in [1.807, 2.05) is 6.07 Å². The lowest BCUT2D eigenvalue weighted by molar-refractivity contribution is 0.669. The van der Waals surface area contributed by atoms with Crippen molar-refractivity contribution in [2.24, 2.45) is 0 Å². The highest BCUT2D eigenvalue weighted by Gasteiger charge is 2.45. The number of hydrogen-bond donors (Lipinski definition) is 0. The van der Waals surface area contributed by atoms with Crippen LogP contribution in [0.4, 0.5) is 34.1 Å². The minimum Gasteiger partial charge on any atom is -0.456 e. The molecule has 5 heteroatoms.